The lowest BCUT2D eigenvalue weighted by Crippen LogP contribution is -2.37. The van der Waals surface area contributed by atoms with Crippen molar-refractivity contribution in [3.05, 3.63) is 17.8 Å². The molecule has 98 valence electrons. The molecule has 1 aromatic heterocycles. The second-order valence-corrected chi connectivity index (χ2v) is 4.87. The van der Waals surface area contributed by atoms with Gasteiger partial charge >= 0.3 is 0 Å². The van der Waals surface area contributed by atoms with Gasteiger partial charge in [-0.05, 0) is 31.4 Å². The van der Waals surface area contributed by atoms with Crippen LogP contribution in [-0.4, -0.2) is 42.5 Å². The first kappa shape index (κ1) is 12.7. The Morgan fingerprint density at radius 2 is 2.17 bits per heavy atom. The van der Waals surface area contributed by atoms with Crippen LogP contribution in [-0.2, 0) is 4.79 Å². The number of aromatic nitrogens is 1. The zero-order valence-electron chi connectivity index (χ0n) is 11.0. The van der Waals surface area contributed by atoms with Crippen molar-refractivity contribution in [3.8, 4) is 0 Å². The van der Waals surface area contributed by atoms with E-state index in [4.69, 9.17) is 5.73 Å². The molecule has 2 heterocycles. The number of likely N-dealkylation sites (tertiary alicyclic amines) is 1. The molecule has 5 heteroatoms. The minimum Gasteiger partial charge on any atom is -0.396 e. The molecule has 0 unspecified atom stereocenters. The number of hydrogen-bond donors (Lipinski definition) is 1. The molecule has 0 atom stereocenters. The fourth-order valence-corrected chi connectivity index (χ4v) is 2.25. The number of carbonyl (C=O) groups excluding carboxylic acids is 1. The Bertz CT molecular complexity index is 441. The SMILES string of the molecule is Cc1cnc(N(C)CC(=O)N2CCCC2)c(N)c1. The Kier molecular flexibility index (Phi) is 3.69. The molecule has 1 aliphatic heterocycles. The molecule has 0 saturated carbocycles. The van der Waals surface area contributed by atoms with Crippen LogP contribution in [0.3, 0.4) is 0 Å². The summed E-state index contributed by atoms with van der Waals surface area (Å²) in [6.45, 7) is 4.04. The largest absolute Gasteiger partial charge is 0.396 e. The summed E-state index contributed by atoms with van der Waals surface area (Å²) in [5.74, 6) is 0.824. The van der Waals surface area contributed by atoms with Crippen LogP contribution in [0, 0.1) is 6.92 Å². The van der Waals surface area contributed by atoms with Crippen molar-refractivity contribution < 1.29 is 4.79 Å². The Morgan fingerprint density at radius 3 is 2.78 bits per heavy atom. The number of carbonyl (C=O) groups is 1. The lowest BCUT2D eigenvalue weighted by Gasteiger charge is -2.23. The van der Waals surface area contributed by atoms with E-state index in [1.807, 2.05) is 29.8 Å². The van der Waals surface area contributed by atoms with E-state index in [0.29, 0.717) is 18.1 Å². The molecule has 1 amide bonds. The van der Waals surface area contributed by atoms with Crippen molar-refractivity contribution in [2.45, 2.75) is 19.8 Å². The van der Waals surface area contributed by atoms with E-state index in [-0.39, 0.29) is 5.91 Å². The third kappa shape index (κ3) is 2.72. The number of hydrogen-bond acceptors (Lipinski definition) is 4. The number of rotatable bonds is 3. The van der Waals surface area contributed by atoms with E-state index >= 15 is 0 Å². The molecule has 0 bridgehead atoms. The summed E-state index contributed by atoms with van der Waals surface area (Å²) < 4.78 is 0. The van der Waals surface area contributed by atoms with Gasteiger partial charge in [0.15, 0.2) is 5.82 Å². The van der Waals surface area contributed by atoms with Crippen LogP contribution < -0.4 is 10.6 Å². The third-order valence-electron chi connectivity index (χ3n) is 3.22. The van der Waals surface area contributed by atoms with E-state index in [9.17, 15) is 4.79 Å². The molecular weight excluding hydrogens is 228 g/mol. The summed E-state index contributed by atoms with van der Waals surface area (Å²) in [5.41, 5.74) is 7.56. The first-order chi connectivity index (χ1) is 8.58. The first-order valence-corrected chi connectivity index (χ1v) is 6.29. The van der Waals surface area contributed by atoms with E-state index in [2.05, 4.69) is 4.98 Å². The summed E-state index contributed by atoms with van der Waals surface area (Å²) in [7, 11) is 1.85. The van der Waals surface area contributed by atoms with Gasteiger partial charge in [-0.15, -0.1) is 0 Å². The van der Waals surface area contributed by atoms with Crippen molar-refractivity contribution in [3.63, 3.8) is 0 Å². The molecular formula is C13H20N4O. The highest BCUT2D eigenvalue weighted by atomic mass is 16.2. The Hall–Kier alpha value is -1.78. The number of nitrogens with zero attached hydrogens (tertiary/aromatic N) is 3. The lowest BCUT2D eigenvalue weighted by atomic mass is 10.2. The molecule has 18 heavy (non-hydrogen) atoms. The molecule has 0 aromatic carbocycles. The van der Waals surface area contributed by atoms with Crippen LogP contribution in [0.15, 0.2) is 12.3 Å². The molecule has 1 fully saturated rings. The standard InChI is InChI=1S/C13H20N4O/c1-10-7-11(14)13(15-8-10)16(2)9-12(18)17-5-3-4-6-17/h7-8H,3-6,9,14H2,1-2H3. The molecule has 1 aliphatic rings. The van der Waals surface area contributed by atoms with E-state index < -0.39 is 0 Å². The van der Waals surface area contributed by atoms with Gasteiger partial charge in [0.05, 0.1) is 12.2 Å². The van der Waals surface area contributed by atoms with E-state index in [0.717, 1.165) is 31.5 Å². The highest BCUT2D eigenvalue weighted by Crippen LogP contribution is 2.20. The minimum absolute atomic E-state index is 0.150. The molecule has 5 nitrogen and oxygen atoms in total. The molecule has 0 spiro atoms. The van der Waals surface area contributed by atoms with Crippen molar-refractivity contribution in [2.24, 2.45) is 0 Å². The normalized spacial score (nSPS) is 14.9. The van der Waals surface area contributed by atoms with Gasteiger partial charge in [0.25, 0.3) is 0 Å². The van der Waals surface area contributed by atoms with Crippen molar-refractivity contribution in [1.82, 2.24) is 9.88 Å². The van der Waals surface area contributed by atoms with Gasteiger partial charge in [-0.25, -0.2) is 4.98 Å². The number of likely N-dealkylation sites (N-methyl/N-ethyl adjacent to an activating group) is 1. The highest BCUT2D eigenvalue weighted by Gasteiger charge is 2.20. The maximum absolute atomic E-state index is 12.0. The Morgan fingerprint density at radius 1 is 1.50 bits per heavy atom. The van der Waals surface area contributed by atoms with Gasteiger partial charge in [0.1, 0.15) is 0 Å². The van der Waals surface area contributed by atoms with Gasteiger partial charge in [-0.1, -0.05) is 0 Å². The number of pyridine rings is 1. The monoisotopic (exact) mass is 248 g/mol. The van der Waals surface area contributed by atoms with Crippen LogP contribution in [0.25, 0.3) is 0 Å². The summed E-state index contributed by atoms with van der Waals surface area (Å²) in [6.07, 6.45) is 3.99. The quantitative estimate of drug-likeness (QED) is 0.868. The van der Waals surface area contributed by atoms with E-state index in [1.165, 1.54) is 0 Å². The molecule has 2 N–H and O–H groups in total. The van der Waals surface area contributed by atoms with Gasteiger partial charge in [-0.3, -0.25) is 4.79 Å². The van der Waals surface area contributed by atoms with Crippen LogP contribution in [0.4, 0.5) is 11.5 Å². The topological polar surface area (TPSA) is 62.5 Å². The second-order valence-electron chi connectivity index (χ2n) is 4.87. The van der Waals surface area contributed by atoms with Crippen molar-refractivity contribution >= 4 is 17.4 Å². The van der Waals surface area contributed by atoms with Crippen molar-refractivity contribution in [2.75, 3.05) is 37.3 Å². The Balaban J connectivity index is 2.02. The van der Waals surface area contributed by atoms with Gasteiger partial charge < -0.3 is 15.5 Å². The maximum Gasteiger partial charge on any atom is 0.242 e. The Labute approximate surface area is 108 Å². The zero-order valence-corrected chi connectivity index (χ0v) is 11.0. The van der Waals surface area contributed by atoms with Gasteiger partial charge in [0, 0.05) is 26.3 Å². The summed E-state index contributed by atoms with van der Waals surface area (Å²) >= 11 is 0. The van der Waals surface area contributed by atoms with Gasteiger partial charge in [0.2, 0.25) is 5.91 Å². The fourth-order valence-electron chi connectivity index (χ4n) is 2.25. The molecule has 1 aromatic rings. The zero-order chi connectivity index (χ0) is 13.1. The number of anilines is 2. The summed E-state index contributed by atoms with van der Waals surface area (Å²) in [6, 6.07) is 1.87. The van der Waals surface area contributed by atoms with Crippen molar-refractivity contribution in [1.29, 1.82) is 0 Å². The summed E-state index contributed by atoms with van der Waals surface area (Å²) in [5, 5.41) is 0. The van der Waals surface area contributed by atoms with Crippen LogP contribution in [0.1, 0.15) is 18.4 Å². The molecule has 1 saturated heterocycles. The molecule has 0 aliphatic carbocycles. The van der Waals surface area contributed by atoms with E-state index in [1.54, 1.807) is 6.20 Å². The van der Waals surface area contributed by atoms with Crippen LogP contribution in [0.5, 0.6) is 0 Å². The summed E-state index contributed by atoms with van der Waals surface area (Å²) in [4.78, 5) is 20.0. The average molecular weight is 248 g/mol. The highest BCUT2D eigenvalue weighted by molar-refractivity contribution is 5.82. The lowest BCUT2D eigenvalue weighted by molar-refractivity contribution is -0.128. The fraction of sp³-hybridized carbons (Fsp3) is 0.538. The predicted octanol–water partition coefficient (Wildman–Crippen LogP) is 1.03. The number of nitrogen functional groups attached to an aromatic ring is 1. The van der Waals surface area contributed by atoms with Gasteiger partial charge in [-0.2, -0.15) is 0 Å². The predicted molar refractivity (Wildman–Crippen MR) is 72.5 cm³/mol. The smallest absolute Gasteiger partial charge is 0.242 e. The first-order valence-electron chi connectivity index (χ1n) is 6.29. The molecule has 0 radical (unpaired) electrons. The minimum atomic E-state index is 0.150. The number of amides is 1. The van der Waals surface area contributed by atoms with Crippen LogP contribution in [0.2, 0.25) is 0 Å². The maximum atomic E-state index is 12.0. The van der Waals surface area contributed by atoms with Crippen LogP contribution >= 0.6 is 0 Å². The number of aryl methyl sites for hydroxylation is 1. The second kappa shape index (κ2) is 5.25. The molecule has 2 rings (SSSR count). The average Bonchev–Trinajstić information content (AvgIpc) is 2.81. The third-order valence-corrected chi connectivity index (χ3v) is 3.22. The number of nitrogens with two attached hydrogens (primary N) is 1.